The van der Waals surface area contributed by atoms with Crippen LogP contribution in [-0.2, 0) is 0 Å². The van der Waals surface area contributed by atoms with E-state index in [2.05, 4.69) is 33.9 Å². The number of fused-ring (bicyclic) bond motifs is 1. The van der Waals surface area contributed by atoms with Crippen LogP contribution in [0.4, 0.5) is 5.95 Å². The molecule has 0 saturated carbocycles. The molecule has 4 nitrogen and oxygen atoms in total. The number of benzene rings is 1. The Morgan fingerprint density at radius 2 is 2.35 bits per heavy atom. The lowest BCUT2D eigenvalue weighted by Crippen LogP contribution is -2.32. The Morgan fingerprint density at radius 3 is 3.12 bits per heavy atom. The molecule has 2 aromatic rings. The lowest BCUT2D eigenvalue weighted by Gasteiger charge is -2.25. The molecule has 1 aromatic heterocycles. The minimum atomic E-state index is 0.440. The summed E-state index contributed by atoms with van der Waals surface area (Å²) in [6.07, 6.45) is 2.38. The second-order valence-electron chi connectivity index (χ2n) is 4.83. The topological polar surface area (TPSA) is 55.9 Å². The molecule has 0 aliphatic carbocycles. The summed E-state index contributed by atoms with van der Waals surface area (Å²) in [5.74, 6) is 0.638. The SMILES string of the molecule is Cc1ccc2nc(N)n(C3CCCNC3)c2c1. The third-order valence-corrected chi connectivity index (χ3v) is 3.51. The van der Waals surface area contributed by atoms with Gasteiger partial charge in [-0.3, -0.25) is 0 Å². The monoisotopic (exact) mass is 230 g/mol. The van der Waals surface area contributed by atoms with Crippen LogP contribution in [0.3, 0.4) is 0 Å². The van der Waals surface area contributed by atoms with E-state index in [1.807, 2.05) is 6.07 Å². The van der Waals surface area contributed by atoms with Crippen LogP contribution >= 0.6 is 0 Å². The third-order valence-electron chi connectivity index (χ3n) is 3.51. The molecular weight excluding hydrogens is 212 g/mol. The minimum Gasteiger partial charge on any atom is -0.369 e. The highest BCUT2D eigenvalue weighted by Gasteiger charge is 2.19. The third kappa shape index (κ3) is 1.78. The highest BCUT2D eigenvalue weighted by Crippen LogP contribution is 2.27. The van der Waals surface area contributed by atoms with E-state index in [-0.39, 0.29) is 0 Å². The van der Waals surface area contributed by atoms with Crippen LogP contribution < -0.4 is 11.1 Å². The van der Waals surface area contributed by atoms with Gasteiger partial charge in [0.1, 0.15) is 0 Å². The summed E-state index contributed by atoms with van der Waals surface area (Å²) < 4.78 is 2.19. The summed E-state index contributed by atoms with van der Waals surface area (Å²) in [6, 6.07) is 6.75. The van der Waals surface area contributed by atoms with Gasteiger partial charge in [-0.05, 0) is 44.0 Å². The first-order chi connectivity index (χ1) is 8.25. The van der Waals surface area contributed by atoms with Crippen molar-refractivity contribution < 1.29 is 0 Å². The predicted molar refractivity (Wildman–Crippen MR) is 70.0 cm³/mol. The Morgan fingerprint density at radius 1 is 1.47 bits per heavy atom. The first-order valence-corrected chi connectivity index (χ1v) is 6.20. The second kappa shape index (κ2) is 4.04. The van der Waals surface area contributed by atoms with Crippen LogP contribution in [0.2, 0.25) is 0 Å². The molecule has 1 aliphatic rings. The summed E-state index contributed by atoms with van der Waals surface area (Å²) >= 11 is 0. The molecule has 0 spiro atoms. The number of aromatic nitrogens is 2. The quantitative estimate of drug-likeness (QED) is 0.786. The number of nitrogens with two attached hydrogens (primary N) is 1. The Bertz CT molecular complexity index is 538. The van der Waals surface area contributed by atoms with E-state index >= 15 is 0 Å². The molecule has 90 valence electrons. The number of nitrogen functional groups attached to an aromatic ring is 1. The number of aryl methyl sites for hydroxylation is 1. The highest BCUT2D eigenvalue weighted by molar-refractivity contribution is 5.79. The number of nitrogens with one attached hydrogen (secondary N) is 1. The van der Waals surface area contributed by atoms with Crippen LogP contribution in [0, 0.1) is 6.92 Å². The van der Waals surface area contributed by atoms with Gasteiger partial charge in [-0.25, -0.2) is 4.98 Å². The molecule has 1 aliphatic heterocycles. The Kier molecular flexibility index (Phi) is 2.52. The van der Waals surface area contributed by atoms with Crippen LogP contribution in [-0.4, -0.2) is 22.6 Å². The maximum absolute atomic E-state index is 6.06. The van der Waals surface area contributed by atoms with Crippen molar-refractivity contribution in [2.45, 2.75) is 25.8 Å². The van der Waals surface area contributed by atoms with E-state index < -0.39 is 0 Å². The van der Waals surface area contributed by atoms with Crippen molar-refractivity contribution in [2.24, 2.45) is 0 Å². The largest absolute Gasteiger partial charge is 0.369 e. The van der Waals surface area contributed by atoms with E-state index in [1.165, 1.54) is 18.4 Å². The molecule has 0 amide bonds. The zero-order chi connectivity index (χ0) is 11.8. The van der Waals surface area contributed by atoms with E-state index in [1.54, 1.807) is 0 Å². The number of rotatable bonds is 1. The second-order valence-corrected chi connectivity index (χ2v) is 4.83. The highest BCUT2D eigenvalue weighted by atomic mass is 15.2. The molecule has 17 heavy (non-hydrogen) atoms. The van der Waals surface area contributed by atoms with Gasteiger partial charge in [-0.1, -0.05) is 6.07 Å². The van der Waals surface area contributed by atoms with Crippen molar-refractivity contribution in [3.05, 3.63) is 23.8 Å². The normalized spacial score (nSPS) is 20.9. The minimum absolute atomic E-state index is 0.440. The molecule has 0 bridgehead atoms. The molecule has 1 atom stereocenters. The van der Waals surface area contributed by atoms with Gasteiger partial charge in [0.2, 0.25) is 5.95 Å². The number of hydrogen-bond donors (Lipinski definition) is 2. The Labute approximate surface area is 101 Å². The summed E-state index contributed by atoms with van der Waals surface area (Å²) in [4.78, 5) is 4.44. The Balaban J connectivity index is 2.13. The maximum atomic E-state index is 6.06. The summed E-state index contributed by atoms with van der Waals surface area (Å²) in [7, 11) is 0. The standard InChI is InChI=1S/C13H18N4/c1-9-4-5-11-12(7-9)17(13(14)16-11)10-3-2-6-15-8-10/h4-5,7,10,15H,2-3,6,8H2,1H3,(H2,14,16). The molecule has 1 aromatic carbocycles. The summed E-state index contributed by atoms with van der Waals surface area (Å²) in [5, 5.41) is 3.43. The van der Waals surface area contributed by atoms with E-state index in [4.69, 9.17) is 5.73 Å². The zero-order valence-corrected chi connectivity index (χ0v) is 10.1. The van der Waals surface area contributed by atoms with Crippen LogP contribution in [0.1, 0.15) is 24.4 Å². The molecule has 2 heterocycles. The van der Waals surface area contributed by atoms with E-state index in [0.717, 1.165) is 24.1 Å². The molecular formula is C13H18N4. The van der Waals surface area contributed by atoms with Gasteiger partial charge in [0.15, 0.2) is 0 Å². The first kappa shape index (κ1) is 10.6. The summed E-state index contributed by atoms with van der Waals surface area (Å²) in [5.41, 5.74) is 9.47. The molecule has 3 rings (SSSR count). The van der Waals surface area contributed by atoms with Gasteiger partial charge in [0.05, 0.1) is 11.0 Å². The average Bonchev–Trinajstić information content (AvgIpc) is 2.65. The summed E-state index contributed by atoms with van der Waals surface area (Å²) in [6.45, 7) is 4.21. The molecule has 1 fully saturated rings. The molecule has 1 unspecified atom stereocenters. The molecule has 0 radical (unpaired) electrons. The number of anilines is 1. The zero-order valence-electron chi connectivity index (χ0n) is 10.1. The van der Waals surface area contributed by atoms with Crippen molar-refractivity contribution in [3.8, 4) is 0 Å². The molecule has 1 saturated heterocycles. The van der Waals surface area contributed by atoms with Gasteiger partial charge < -0.3 is 15.6 Å². The van der Waals surface area contributed by atoms with Crippen molar-refractivity contribution in [1.82, 2.24) is 14.9 Å². The fourth-order valence-corrected chi connectivity index (χ4v) is 2.66. The van der Waals surface area contributed by atoms with Gasteiger partial charge in [-0.2, -0.15) is 0 Å². The van der Waals surface area contributed by atoms with Crippen molar-refractivity contribution in [2.75, 3.05) is 18.8 Å². The first-order valence-electron chi connectivity index (χ1n) is 6.20. The smallest absolute Gasteiger partial charge is 0.201 e. The van der Waals surface area contributed by atoms with Crippen LogP contribution in [0.5, 0.6) is 0 Å². The van der Waals surface area contributed by atoms with Gasteiger partial charge in [0.25, 0.3) is 0 Å². The number of nitrogens with zero attached hydrogens (tertiary/aromatic N) is 2. The fraction of sp³-hybridized carbons (Fsp3) is 0.462. The number of hydrogen-bond acceptors (Lipinski definition) is 3. The van der Waals surface area contributed by atoms with Crippen molar-refractivity contribution >= 4 is 17.0 Å². The predicted octanol–water partition coefficient (Wildman–Crippen LogP) is 1.85. The number of imidazole rings is 1. The van der Waals surface area contributed by atoms with E-state index in [0.29, 0.717) is 12.0 Å². The fourth-order valence-electron chi connectivity index (χ4n) is 2.66. The van der Waals surface area contributed by atoms with E-state index in [9.17, 15) is 0 Å². The van der Waals surface area contributed by atoms with Crippen LogP contribution in [0.15, 0.2) is 18.2 Å². The maximum Gasteiger partial charge on any atom is 0.201 e. The van der Waals surface area contributed by atoms with Crippen molar-refractivity contribution in [1.29, 1.82) is 0 Å². The lowest BCUT2D eigenvalue weighted by molar-refractivity contribution is 0.381. The molecule has 4 heteroatoms. The Hall–Kier alpha value is -1.55. The molecule has 3 N–H and O–H groups in total. The number of piperidine rings is 1. The van der Waals surface area contributed by atoms with Crippen molar-refractivity contribution in [3.63, 3.8) is 0 Å². The van der Waals surface area contributed by atoms with Gasteiger partial charge in [-0.15, -0.1) is 0 Å². The van der Waals surface area contributed by atoms with Gasteiger partial charge >= 0.3 is 0 Å². The lowest BCUT2D eigenvalue weighted by atomic mass is 10.1. The average molecular weight is 230 g/mol. The van der Waals surface area contributed by atoms with Gasteiger partial charge in [0, 0.05) is 12.6 Å². The van der Waals surface area contributed by atoms with Crippen LogP contribution in [0.25, 0.3) is 11.0 Å².